The number of halogens is 2. The van der Waals surface area contributed by atoms with Crippen molar-refractivity contribution in [1.29, 1.82) is 0 Å². The highest BCUT2D eigenvalue weighted by Gasteiger charge is 2.15. The molecule has 98 valence electrons. The fourth-order valence-electron chi connectivity index (χ4n) is 1.79. The maximum Gasteiger partial charge on any atom is 0.169 e. The Hall–Kier alpha value is -2.17. The predicted molar refractivity (Wildman–Crippen MR) is 65.9 cm³/mol. The molecule has 5 heteroatoms. The van der Waals surface area contributed by atoms with E-state index in [4.69, 9.17) is 0 Å². The van der Waals surface area contributed by atoms with E-state index in [9.17, 15) is 13.6 Å². The van der Waals surface area contributed by atoms with Crippen LogP contribution in [0.1, 0.15) is 27.3 Å². The number of hydrogen-bond donors (Lipinski definition) is 0. The highest BCUT2D eigenvalue weighted by atomic mass is 19.2. The summed E-state index contributed by atoms with van der Waals surface area (Å²) in [7, 11) is 0. The van der Waals surface area contributed by atoms with Crippen LogP contribution in [0.3, 0.4) is 0 Å². The molecule has 0 aliphatic rings. The van der Waals surface area contributed by atoms with Gasteiger partial charge in [-0.3, -0.25) is 4.79 Å². The Balaban J connectivity index is 2.31. The molecule has 19 heavy (non-hydrogen) atoms. The molecule has 0 bridgehead atoms. The summed E-state index contributed by atoms with van der Waals surface area (Å²) in [6.07, 6.45) is -0.199. The van der Waals surface area contributed by atoms with Gasteiger partial charge in [0.2, 0.25) is 0 Å². The summed E-state index contributed by atoms with van der Waals surface area (Å²) in [6, 6.07) is 5.39. The van der Waals surface area contributed by atoms with Crippen molar-refractivity contribution >= 4 is 5.78 Å². The lowest BCUT2D eigenvalue weighted by molar-refractivity contribution is 0.0990. The highest BCUT2D eigenvalue weighted by Crippen LogP contribution is 2.15. The summed E-state index contributed by atoms with van der Waals surface area (Å²) in [5, 5.41) is 7.67. The number of aryl methyl sites for hydroxylation is 2. The molecule has 2 aromatic rings. The quantitative estimate of drug-likeness (QED) is 0.799. The molecule has 0 spiro atoms. The lowest BCUT2D eigenvalue weighted by Crippen LogP contribution is -2.10. The first-order valence-corrected chi connectivity index (χ1v) is 5.76. The molecular formula is C14H12F2N2O. The van der Waals surface area contributed by atoms with Gasteiger partial charge in [0.25, 0.3) is 0 Å². The van der Waals surface area contributed by atoms with E-state index in [1.165, 1.54) is 12.1 Å². The average Bonchev–Trinajstić information content (AvgIpc) is 2.38. The molecule has 0 radical (unpaired) electrons. The van der Waals surface area contributed by atoms with Crippen molar-refractivity contribution in [1.82, 2.24) is 10.2 Å². The SMILES string of the molecule is Cc1cc(C(=O)Cc2cccc(F)c2F)c(C)nn1. The fraction of sp³-hybridized carbons (Fsp3) is 0.214. The second kappa shape index (κ2) is 5.22. The fourth-order valence-corrected chi connectivity index (χ4v) is 1.79. The van der Waals surface area contributed by atoms with Crippen LogP contribution in [0.4, 0.5) is 8.78 Å². The van der Waals surface area contributed by atoms with Crippen molar-refractivity contribution in [3.8, 4) is 0 Å². The van der Waals surface area contributed by atoms with Crippen molar-refractivity contribution in [2.45, 2.75) is 20.3 Å². The van der Waals surface area contributed by atoms with E-state index in [1.54, 1.807) is 19.9 Å². The zero-order valence-electron chi connectivity index (χ0n) is 10.6. The van der Waals surface area contributed by atoms with Gasteiger partial charge in [-0.2, -0.15) is 10.2 Å². The Bertz CT molecular complexity index is 641. The summed E-state index contributed by atoms with van der Waals surface area (Å²) in [5.41, 5.74) is 1.51. The Morgan fingerprint density at radius 2 is 1.95 bits per heavy atom. The van der Waals surface area contributed by atoms with Crippen LogP contribution in [0.2, 0.25) is 0 Å². The van der Waals surface area contributed by atoms with Crippen LogP contribution in [0.5, 0.6) is 0 Å². The van der Waals surface area contributed by atoms with E-state index < -0.39 is 11.6 Å². The largest absolute Gasteiger partial charge is 0.294 e. The molecule has 0 amide bonds. The van der Waals surface area contributed by atoms with E-state index >= 15 is 0 Å². The second-order valence-corrected chi connectivity index (χ2v) is 4.30. The van der Waals surface area contributed by atoms with Crippen LogP contribution >= 0.6 is 0 Å². The number of Topliss-reactive ketones (excluding diaryl/α,β-unsaturated/α-hetero) is 1. The first-order chi connectivity index (χ1) is 8.99. The van der Waals surface area contributed by atoms with Gasteiger partial charge < -0.3 is 0 Å². The number of benzene rings is 1. The van der Waals surface area contributed by atoms with Gasteiger partial charge in [-0.05, 0) is 31.5 Å². The standard InChI is InChI=1S/C14H12F2N2O/c1-8-6-11(9(2)18-17-8)13(19)7-10-4-3-5-12(15)14(10)16/h3-6H,7H2,1-2H3. The van der Waals surface area contributed by atoms with Crippen LogP contribution < -0.4 is 0 Å². The average molecular weight is 262 g/mol. The van der Waals surface area contributed by atoms with Gasteiger partial charge in [0, 0.05) is 12.0 Å². The van der Waals surface area contributed by atoms with Crippen LogP contribution in [0.15, 0.2) is 24.3 Å². The maximum absolute atomic E-state index is 13.5. The van der Waals surface area contributed by atoms with Gasteiger partial charge in [0.1, 0.15) is 0 Å². The van der Waals surface area contributed by atoms with Gasteiger partial charge in [-0.25, -0.2) is 8.78 Å². The predicted octanol–water partition coefficient (Wildman–Crippen LogP) is 2.80. The first-order valence-electron chi connectivity index (χ1n) is 5.76. The summed E-state index contributed by atoms with van der Waals surface area (Å²) >= 11 is 0. The molecule has 3 nitrogen and oxygen atoms in total. The third kappa shape index (κ3) is 2.81. The highest BCUT2D eigenvalue weighted by molar-refractivity contribution is 5.98. The summed E-state index contributed by atoms with van der Waals surface area (Å²) in [4.78, 5) is 12.1. The molecule has 1 aromatic heterocycles. The molecule has 0 N–H and O–H groups in total. The number of carbonyl (C=O) groups is 1. The minimum atomic E-state index is -0.979. The third-order valence-electron chi connectivity index (χ3n) is 2.78. The number of rotatable bonds is 3. The van der Waals surface area contributed by atoms with E-state index in [2.05, 4.69) is 10.2 Å². The molecule has 0 saturated carbocycles. The molecule has 0 aliphatic heterocycles. The second-order valence-electron chi connectivity index (χ2n) is 4.30. The zero-order chi connectivity index (χ0) is 14.0. The maximum atomic E-state index is 13.5. The molecule has 1 heterocycles. The molecule has 0 fully saturated rings. The van der Waals surface area contributed by atoms with Crippen molar-refractivity contribution in [2.24, 2.45) is 0 Å². The smallest absolute Gasteiger partial charge is 0.169 e. The van der Waals surface area contributed by atoms with Gasteiger partial charge in [-0.1, -0.05) is 12.1 Å². The lowest BCUT2D eigenvalue weighted by atomic mass is 10.0. The number of carbonyl (C=O) groups excluding carboxylic acids is 1. The van der Waals surface area contributed by atoms with Crippen molar-refractivity contribution < 1.29 is 13.6 Å². The molecule has 2 rings (SSSR count). The minimum absolute atomic E-state index is 0.0406. The summed E-state index contributed by atoms with van der Waals surface area (Å²) < 4.78 is 26.6. The Kier molecular flexibility index (Phi) is 3.64. The summed E-state index contributed by atoms with van der Waals surface area (Å²) in [6.45, 7) is 3.37. The van der Waals surface area contributed by atoms with E-state index in [0.29, 0.717) is 17.0 Å². The van der Waals surface area contributed by atoms with Crippen molar-refractivity contribution in [3.63, 3.8) is 0 Å². The number of ketones is 1. The van der Waals surface area contributed by atoms with Crippen LogP contribution in [-0.2, 0) is 6.42 Å². The molecular weight excluding hydrogens is 250 g/mol. The van der Waals surface area contributed by atoms with E-state index in [0.717, 1.165) is 6.07 Å². The third-order valence-corrected chi connectivity index (χ3v) is 2.78. The van der Waals surface area contributed by atoms with Crippen LogP contribution in [-0.4, -0.2) is 16.0 Å². The minimum Gasteiger partial charge on any atom is -0.294 e. The Morgan fingerprint density at radius 3 is 2.68 bits per heavy atom. The summed E-state index contributed by atoms with van der Waals surface area (Å²) in [5.74, 6) is -2.24. The monoisotopic (exact) mass is 262 g/mol. The Labute approximate surface area is 109 Å². The molecule has 0 atom stereocenters. The topological polar surface area (TPSA) is 42.9 Å². The van der Waals surface area contributed by atoms with Gasteiger partial charge in [0.15, 0.2) is 17.4 Å². The number of nitrogens with zero attached hydrogens (tertiary/aromatic N) is 2. The number of aromatic nitrogens is 2. The number of hydrogen-bond acceptors (Lipinski definition) is 3. The van der Waals surface area contributed by atoms with E-state index in [-0.39, 0.29) is 17.8 Å². The Morgan fingerprint density at radius 1 is 1.21 bits per heavy atom. The molecule has 1 aromatic carbocycles. The van der Waals surface area contributed by atoms with Crippen molar-refractivity contribution in [2.75, 3.05) is 0 Å². The first kappa shape index (κ1) is 13.3. The van der Waals surface area contributed by atoms with E-state index in [1.807, 2.05) is 0 Å². The lowest BCUT2D eigenvalue weighted by Gasteiger charge is -2.06. The van der Waals surface area contributed by atoms with Crippen molar-refractivity contribution in [3.05, 3.63) is 58.4 Å². The van der Waals surface area contributed by atoms with Crippen LogP contribution in [0, 0.1) is 25.5 Å². The molecule has 0 unspecified atom stereocenters. The molecule has 0 aliphatic carbocycles. The van der Waals surface area contributed by atoms with Gasteiger partial charge in [-0.15, -0.1) is 0 Å². The molecule has 0 saturated heterocycles. The van der Waals surface area contributed by atoms with Gasteiger partial charge in [0.05, 0.1) is 11.4 Å². The zero-order valence-corrected chi connectivity index (χ0v) is 10.6. The normalized spacial score (nSPS) is 10.5. The van der Waals surface area contributed by atoms with Crippen LogP contribution in [0.25, 0.3) is 0 Å². The van der Waals surface area contributed by atoms with Gasteiger partial charge >= 0.3 is 0 Å².